The van der Waals surface area contributed by atoms with Gasteiger partial charge in [0.05, 0.1) is 5.41 Å². The van der Waals surface area contributed by atoms with Crippen molar-refractivity contribution in [3.05, 3.63) is 0 Å². The molecule has 1 aliphatic heterocycles. The molecular formula is C16H25NO4. The first-order valence-corrected chi connectivity index (χ1v) is 8.01. The van der Waals surface area contributed by atoms with Crippen LogP contribution in [0.3, 0.4) is 0 Å². The fraction of sp³-hybridized carbons (Fsp3) is 0.812. The third-order valence-corrected chi connectivity index (χ3v) is 5.00. The van der Waals surface area contributed by atoms with Gasteiger partial charge in [0.1, 0.15) is 0 Å². The third-order valence-electron chi connectivity index (χ3n) is 5.00. The molecule has 2 aliphatic rings. The van der Waals surface area contributed by atoms with E-state index in [0.29, 0.717) is 25.8 Å². The minimum Gasteiger partial charge on any atom is -0.481 e. The number of carbonyl (C=O) groups is 3. The molecule has 1 unspecified atom stereocenters. The van der Waals surface area contributed by atoms with Crippen molar-refractivity contribution in [3.8, 4) is 0 Å². The average Bonchev–Trinajstić information content (AvgIpc) is 2.66. The highest BCUT2D eigenvalue weighted by molar-refractivity contribution is 6.05. The van der Waals surface area contributed by atoms with Crippen molar-refractivity contribution in [1.29, 1.82) is 0 Å². The maximum atomic E-state index is 12.6. The smallest absolute Gasteiger partial charge is 0.303 e. The lowest BCUT2D eigenvalue weighted by Gasteiger charge is -2.30. The summed E-state index contributed by atoms with van der Waals surface area (Å²) >= 11 is 0. The summed E-state index contributed by atoms with van der Waals surface area (Å²) in [5.74, 6) is -0.592. The summed E-state index contributed by atoms with van der Waals surface area (Å²) in [6.45, 7) is 2.42. The third kappa shape index (κ3) is 3.63. The molecule has 5 heteroatoms. The second kappa shape index (κ2) is 6.58. The Kier molecular flexibility index (Phi) is 5.01. The number of aliphatic carboxylic acids is 1. The molecule has 2 amide bonds. The van der Waals surface area contributed by atoms with E-state index in [1.807, 2.05) is 6.92 Å². The first-order chi connectivity index (χ1) is 9.94. The summed E-state index contributed by atoms with van der Waals surface area (Å²) in [6, 6.07) is 0. The quantitative estimate of drug-likeness (QED) is 0.764. The minimum atomic E-state index is -0.795. The highest BCUT2D eigenvalue weighted by Crippen LogP contribution is 2.45. The first kappa shape index (κ1) is 16.0. The van der Waals surface area contributed by atoms with Crippen molar-refractivity contribution >= 4 is 17.8 Å². The maximum absolute atomic E-state index is 12.6. The zero-order valence-corrected chi connectivity index (χ0v) is 12.8. The van der Waals surface area contributed by atoms with Gasteiger partial charge in [-0.2, -0.15) is 0 Å². The van der Waals surface area contributed by atoms with Crippen molar-refractivity contribution in [1.82, 2.24) is 4.90 Å². The summed E-state index contributed by atoms with van der Waals surface area (Å²) in [5.41, 5.74) is -0.403. The summed E-state index contributed by atoms with van der Waals surface area (Å²) in [6.07, 6.45) is 6.77. The van der Waals surface area contributed by atoms with Crippen LogP contribution < -0.4 is 0 Å². The molecule has 1 aliphatic carbocycles. The molecule has 0 bridgehead atoms. The van der Waals surface area contributed by atoms with E-state index in [2.05, 4.69) is 0 Å². The molecule has 0 aromatic heterocycles. The fourth-order valence-electron chi connectivity index (χ4n) is 3.57. The van der Waals surface area contributed by atoms with Crippen LogP contribution in [0.1, 0.15) is 64.7 Å². The second-order valence-electron chi connectivity index (χ2n) is 6.69. The molecule has 1 saturated heterocycles. The number of carbonyl (C=O) groups excluding carboxylic acids is 2. The predicted molar refractivity (Wildman–Crippen MR) is 77.5 cm³/mol. The number of imide groups is 1. The first-order valence-electron chi connectivity index (χ1n) is 8.01. The van der Waals surface area contributed by atoms with E-state index in [-0.39, 0.29) is 24.2 Å². The van der Waals surface area contributed by atoms with Crippen LogP contribution in [0.2, 0.25) is 0 Å². The van der Waals surface area contributed by atoms with E-state index in [9.17, 15) is 14.4 Å². The van der Waals surface area contributed by atoms with Gasteiger partial charge in [-0.3, -0.25) is 19.3 Å². The number of likely N-dealkylation sites (tertiary alicyclic amines) is 1. The van der Waals surface area contributed by atoms with Crippen molar-refractivity contribution < 1.29 is 19.5 Å². The van der Waals surface area contributed by atoms with Crippen LogP contribution in [-0.2, 0) is 14.4 Å². The number of rotatable bonds is 6. The Balaban J connectivity index is 1.87. The molecule has 1 spiro atoms. The van der Waals surface area contributed by atoms with E-state index < -0.39 is 11.4 Å². The van der Waals surface area contributed by atoms with Crippen LogP contribution >= 0.6 is 0 Å². The van der Waals surface area contributed by atoms with Gasteiger partial charge in [0.2, 0.25) is 11.8 Å². The van der Waals surface area contributed by atoms with Gasteiger partial charge in [-0.15, -0.1) is 0 Å². The van der Waals surface area contributed by atoms with Crippen molar-refractivity contribution in [2.75, 3.05) is 6.54 Å². The lowest BCUT2D eigenvalue weighted by Crippen LogP contribution is -2.37. The Morgan fingerprint density at radius 3 is 2.52 bits per heavy atom. The number of carboxylic acids is 1. The normalized spacial score (nSPS) is 22.8. The van der Waals surface area contributed by atoms with Crippen molar-refractivity contribution in [2.45, 2.75) is 64.7 Å². The Labute approximate surface area is 125 Å². The molecule has 2 rings (SSSR count). The predicted octanol–water partition coefficient (Wildman–Crippen LogP) is 2.59. The van der Waals surface area contributed by atoms with Crippen LogP contribution in [0.25, 0.3) is 0 Å². The standard InChI is InChI=1S/C16H25NO4/c1-12(5-6-14(19)20)7-10-17-13(18)11-16(15(17)21)8-3-2-4-9-16/h12H,2-11H2,1H3,(H,19,20). The van der Waals surface area contributed by atoms with Gasteiger partial charge in [-0.25, -0.2) is 0 Å². The highest BCUT2D eigenvalue weighted by Gasteiger charge is 2.51. The number of hydrogen-bond donors (Lipinski definition) is 1. The molecule has 21 heavy (non-hydrogen) atoms. The Morgan fingerprint density at radius 2 is 1.90 bits per heavy atom. The summed E-state index contributed by atoms with van der Waals surface area (Å²) in [7, 11) is 0. The zero-order valence-electron chi connectivity index (χ0n) is 12.8. The van der Waals surface area contributed by atoms with E-state index in [4.69, 9.17) is 5.11 Å². The van der Waals surface area contributed by atoms with Crippen LogP contribution in [0.4, 0.5) is 0 Å². The molecule has 0 aromatic rings. The van der Waals surface area contributed by atoms with Gasteiger partial charge in [0.25, 0.3) is 0 Å². The minimum absolute atomic E-state index is 0.0256. The molecule has 5 nitrogen and oxygen atoms in total. The summed E-state index contributed by atoms with van der Waals surface area (Å²) in [4.78, 5) is 36.7. The average molecular weight is 295 g/mol. The molecule has 1 atom stereocenters. The van der Waals surface area contributed by atoms with Crippen LogP contribution in [0.5, 0.6) is 0 Å². The Bertz CT molecular complexity index is 426. The number of amides is 2. The largest absolute Gasteiger partial charge is 0.481 e. The second-order valence-corrected chi connectivity index (χ2v) is 6.69. The van der Waals surface area contributed by atoms with Gasteiger partial charge in [-0.1, -0.05) is 26.2 Å². The number of nitrogens with zero attached hydrogens (tertiary/aromatic N) is 1. The molecule has 118 valence electrons. The monoisotopic (exact) mass is 295 g/mol. The van der Waals surface area contributed by atoms with Gasteiger partial charge >= 0.3 is 5.97 Å². The Hall–Kier alpha value is -1.39. The molecular weight excluding hydrogens is 270 g/mol. The van der Waals surface area contributed by atoms with E-state index >= 15 is 0 Å². The molecule has 1 N–H and O–H groups in total. The van der Waals surface area contributed by atoms with Gasteiger partial charge in [0.15, 0.2) is 0 Å². The van der Waals surface area contributed by atoms with Gasteiger partial charge < -0.3 is 5.11 Å². The molecule has 0 aromatic carbocycles. The maximum Gasteiger partial charge on any atom is 0.303 e. The Morgan fingerprint density at radius 1 is 1.24 bits per heavy atom. The van der Waals surface area contributed by atoms with Crippen LogP contribution in [0, 0.1) is 11.3 Å². The fourth-order valence-corrected chi connectivity index (χ4v) is 3.57. The number of carboxylic acid groups (broad SMARTS) is 1. The van der Waals surface area contributed by atoms with E-state index in [0.717, 1.165) is 32.1 Å². The van der Waals surface area contributed by atoms with Gasteiger partial charge in [0, 0.05) is 19.4 Å². The summed E-state index contributed by atoms with van der Waals surface area (Å²) in [5, 5.41) is 8.67. The zero-order chi connectivity index (χ0) is 15.5. The topological polar surface area (TPSA) is 74.7 Å². The molecule has 2 fully saturated rings. The van der Waals surface area contributed by atoms with Crippen LogP contribution in [-0.4, -0.2) is 34.3 Å². The van der Waals surface area contributed by atoms with E-state index in [1.165, 1.54) is 4.90 Å². The highest BCUT2D eigenvalue weighted by atomic mass is 16.4. The molecule has 1 heterocycles. The molecule has 0 radical (unpaired) electrons. The lowest BCUT2D eigenvalue weighted by atomic mass is 9.73. The van der Waals surface area contributed by atoms with Gasteiger partial charge in [-0.05, 0) is 31.6 Å². The van der Waals surface area contributed by atoms with Crippen molar-refractivity contribution in [3.63, 3.8) is 0 Å². The number of hydrogen-bond acceptors (Lipinski definition) is 3. The lowest BCUT2D eigenvalue weighted by molar-refractivity contribution is -0.143. The SMILES string of the molecule is CC(CCC(=O)O)CCN1C(=O)CC2(CCCCC2)C1=O. The summed E-state index contributed by atoms with van der Waals surface area (Å²) < 4.78 is 0. The molecule has 1 saturated carbocycles. The van der Waals surface area contributed by atoms with Crippen molar-refractivity contribution in [2.24, 2.45) is 11.3 Å². The van der Waals surface area contributed by atoms with Crippen LogP contribution in [0.15, 0.2) is 0 Å². The van der Waals surface area contributed by atoms with E-state index in [1.54, 1.807) is 0 Å².